The van der Waals surface area contributed by atoms with Gasteiger partial charge in [-0.3, -0.25) is 4.79 Å². The molecule has 0 aliphatic carbocycles. The molecule has 0 radical (unpaired) electrons. The van der Waals surface area contributed by atoms with Crippen molar-refractivity contribution in [3.63, 3.8) is 0 Å². The maximum absolute atomic E-state index is 10.6. The van der Waals surface area contributed by atoms with Crippen molar-refractivity contribution in [2.24, 2.45) is 5.73 Å². The van der Waals surface area contributed by atoms with E-state index >= 15 is 0 Å². The largest absolute Gasteiger partial charge is 0.372 e. The van der Waals surface area contributed by atoms with Gasteiger partial charge in [-0.1, -0.05) is 12.0 Å². The normalized spacial score (nSPS) is 14.9. The van der Waals surface area contributed by atoms with E-state index in [1.54, 1.807) is 0 Å². The number of primary amides is 1. The monoisotopic (exact) mass is 228 g/mol. The highest BCUT2D eigenvalue weighted by Gasteiger charge is 2.10. The molecule has 1 amide bonds. The van der Waals surface area contributed by atoms with Crippen molar-refractivity contribution in [3.8, 4) is 11.8 Å². The molecule has 17 heavy (non-hydrogen) atoms. The maximum Gasteiger partial charge on any atom is 0.293 e. The average molecular weight is 228 g/mol. The van der Waals surface area contributed by atoms with Gasteiger partial charge in [0, 0.05) is 24.3 Å². The van der Waals surface area contributed by atoms with Crippen LogP contribution < -0.4 is 10.6 Å². The molecule has 1 aromatic rings. The number of piperidine rings is 1. The Bertz CT molecular complexity index is 465. The summed E-state index contributed by atoms with van der Waals surface area (Å²) in [6.07, 6.45) is 3.81. The lowest BCUT2D eigenvalue weighted by molar-refractivity contribution is -0.112. The molecule has 0 saturated carbocycles. The first-order chi connectivity index (χ1) is 8.25. The summed E-state index contributed by atoms with van der Waals surface area (Å²) < 4.78 is 0. The highest BCUT2D eigenvalue weighted by molar-refractivity contribution is 5.92. The summed E-state index contributed by atoms with van der Waals surface area (Å²) in [5.41, 5.74) is 7.02. The zero-order valence-corrected chi connectivity index (χ0v) is 9.78. The third-order valence-corrected chi connectivity index (χ3v) is 2.90. The SMILES string of the molecule is NC(=O)C#Cc1cccc(N2CCCCC2)c1. The van der Waals surface area contributed by atoms with Crippen LogP contribution in [-0.4, -0.2) is 19.0 Å². The van der Waals surface area contributed by atoms with E-state index in [0.29, 0.717) is 0 Å². The Balaban J connectivity index is 2.16. The smallest absolute Gasteiger partial charge is 0.293 e. The molecule has 1 fully saturated rings. The number of carbonyl (C=O) groups excluding carboxylic acids is 1. The van der Waals surface area contributed by atoms with Crippen molar-refractivity contribution in [1.82, 2.24) is 0 Å². The van der Waals surface area contributed by atoms with Crippen molar-refractivity contribution in [3.05, 3.63) is 29.8 Å². The Morgan fingerprint density at radius 3 is 2.71 bits per heavy atom. The Morgan fingerprint density at radius 1 is 1.24 bits per heavy atom. The molecule has 1 aliphatic heterocycles. The van der Waals surface area contributed by atoms with Crippen molar-refractivity contribution in [2.45, 2.75) is 19.3 Å². The molecule has 3 nitrogen and oxygen atoms in total. The zero-order valence-electron chi connectivity index (χ0n) is 9.78. The first-order valence-electron chi connectivity index (χ1n) is 5.92. The van der Waals surface area contributed by atoms with Crippen LogP contribution in [0.4, 0.5) is 5.69 Å². The Kier molecular flexibility index (Phi) is 3.66. The molecule has 3 heteroatoms. The number of nitrogens with two attached hydrogens (primary N) is 1. The Morgan fingerprint density at radius 2 is 2.00 bits per heavy atom. The number of amides is 1. The van der Waals surface area contributed by atoms with E-state index in [9.17, 15) is 4.79 Å². The maximum atomic E-state index is 10.6. The minimum Gasteiger partial charge on any atom is -0.372 e. The summed E-state index contributed by atoms with van der Waals surface area (Å²) >= 11 is 0. The molecule has 0 spiro atoms. The van der Waals surface area contributed by atoms with Crippen LogP contribution in [0.15, 0.2) is 24.3 Å². The third-order valence-electron chi connectivity index (χ3n) is 2.90. The molecular formula is C14H16N2O. The average Bonchev–Trinajstić information content (AvgIpc) is 2.38. The van der Waals surface area contributed by atoms with Crippen molar-refractivity contribution >= 4 is 11.6 Å². The summed E-state index contributed by atoms with van der Waals surface area (Å²) in [4.78, 5) is 13.0. The van der Waals surface area contributed by atoms with Crippen LogP contribution in [0.5, 0.6) is 0 Å². The molecule has 0 bridgehead atoms. The van der Waals surface area contributed by atoms with E-state index in [2.05, 4.69) is 22.8 Å². The van der Waals surface area contributed by atoms with Crippen molar-refractivity contribution in [1.29, 1.82) is 0 Å². The number of hydrogen-bond acceptors (Lipinski definition) is 2. The van der Waals surface area contributed by atoms with Gasteiger partial charge in [0.05, 0.1) is 0 Å². The standard InChI is InChI=1S/C14H16N2O/c15-14(17)8-7-12-5-4-6-13(11-12)16-9-2-1-3-10-16/h4-6,11H,1-3,9-10H2,(H2,15,17). The molecule has 1 aliphatic rings. The predicted molar refractivity (Wildman–Crippen MR) is 68.6 cm³/mol. The van der Waals surface area contributed by atoms with Gasteiger partial charge in [0.25, 0.3) is 5.91 Å². The number of hydrogen-bond donors (Lipinski definition) is 1. The summed E-state index contributed by atoms with van der Waals surface area (Å²) in [6.45, 7) is 2.21. The fourth-order valence-electron chi connectivity index (χ4n) is 2.07. The lowest BCUT2D eigenvalue weighted by atomic mass is 10.1. The molecule has 0 unspecified atom stereocenters. The summed E-state index contributed by atoms with van der Waals surface area (Å²) in [7, 11) is 0. The molecule has 2 rings (SSSR count). The van der Waals surface area contributed by atoms with Gasteiger partial charge in [-0.2, -0.15) is 0 Å². The minimum atomic E-state index is -0.589. The van der Waals surface area contributed by atoms with Crippen LogP contribution >= 0.6 is 0 Å². The van der Waals surface area contributed by atoms with Gasteiger partial charge in [0.15, 0.2) is 0 Å². The van der Waals surface area contributed by atoms with Crippen LogP contribution in [0.3, 0.4) is 0 Å². The number of nitrogens with zero attached hydrogens (tertiary/aromatic N) is 1. The van der Waals surface area contributed by atoms with Crippen molar-refractivity contribution < 1.29 is 4.79 Å². The van der Waals surface area contributed by atoms with E-state index in [4.69, 9.17) is 5.73 Å². The topological polar surface area (TPSA) is 46.3 Å². The summed E-state index contributed by atoms with van der Waals surface area (Å²) in [6, 6.07) is 7.96. The van der Waals surface area contributed by atoms with Gasteiger partial charge in [0.1, 0.15) is 0 Å². The second kappa shape index (κ2) is 5.40. The number of benzene rings is 1. The first-order valence-corrected chi connectivity index (χ1v) is 5.92. The Labute approximate surface area is 102 Å². The summed E-state index contributed by atoms with van der Waals surface area (Å²) in [5.74, 6) is 4.55. The van der Waals surface area contributed by atoms with Crippen LogP contribution in [0.1, 0.15) is 24.8 Å². The highest BCUT2D eigenvalue weighted by Crippen LogP contribution is 2.20. The predicted octanol–water partition coefficient (Wildman–Crippen LogP) is 1.51. The quantitative estimate of drug-likeness (QED) is 0.741. The molecule has 1 saturated heterocycles. The van der Waals surface area contributed by atoms with Crippen LogP contribution in [0, 0.1) is 11.8 Å². The van der Waals surface area contributed by atoms with Crippen LogP contribution in [0.2, 0.25) is 0 Å². The lowest BCUT2D eigenvalue weighted by Gasteiger charge is -2.28. The third kappa shape index (κ3) is 3.25. The molecule has 1 heterocycles. The van der Waals surface area contributed by atoms with E-state index in [1.807, 2.05) is 18.2 Å². The van der Waals surface area contributed by atoms with Gasteiger partial charge in [0.2, 0.25) is 0 Å². The van der Waals surface area contributed by atoms with Gasteiger partial charge >= 0.3 is 0 Å². The van der Waals surface area contributed by atoms with Gasteiger partial charge in [-0.25, -0.2) is 0 Å². The molecule has 0 atom stereocenters. The lowest BCUT2D eigenvalue weighted by Crippen LogP contribution is -2.29. The molecule has 0 aromatic heterocycles. The Hall–Kier alpha value is -1.95. The molecule has 88 valence electrons. The van der Waals surface area contributed by atoms with Crippen molar-refractivity contribution in [2.75, 3.05) is 18.0 Å². The van der Waals surface area contributed by atoms with Gasteiger partial charge < -0.3 is 10.6 Å². The van der Waals surface area contributed by atoms with Crippen LogP contribution in [-0.2, 0) is 4.79 Å². The summed E-state index contributed by atoms with van der Waals surface area (Å²) in [5, 5.41) is 0. The van der Waals surface area contributed by atoms with Crippen LogP contribution in [0.25, 0.3) is 0 Å². The number of carbonyl (C=O) groups is 1. The fourth-order valence-corrected chi connectivity index (χ4v) is 2.07. The van der Waals surface area contributed by atoms with E-state index in [-0.39, 0.29) is 0 Å². The minimum absolute atomic E-state index is 0.589. The zero-order chi connectivity index (χ0) is 12.1. The second-order valence-electron chi connectivity index (χ2n) is 4.21. The van der Waals surface area contributed by atoms with E-state index in [0.717, 1.165) is 18.7 Å². The van der Waals surface area contributed by atoms with E-state index in [1.165, 1.54) is 24.9 Å². The van der Waals surface area contributed by atoms with Gasteiger partial charge in [-0.05, 0) is 43.4 Å². The fraction of sp³-hybridized carbons (Fsp3) is 0.357. The molecule has 2 N–H and O–H groups in total. The first kappa shape index (κ1) is 11.5. The van der Waals surface area contributed by atoms with Gasteiger partial charge in [-0.15, -0.1) is 0 Å². The van der Waals surface area contributed by atoms with E-state index < -0.39 is 5.91 Å². The second-order valence-corrected chi connectivity index (χ2v) is 4.21. The highest BCUT2D eigenvalue weighted by atomic mass is 16.1. The number of anilines is 1. The number of rotatable bonds is 1. The molecular weight excluding hydrogens is 212 g/mol. The molecule has 1 aromatic carbocycles.